The molecule has 96 valence electrons. The normalized spacial score (nSPS) is 11.1. The highest BCUT2D eigenvalue weighted by Gasteiger charge is 2.04. The van der Waals surface area contributed by atoms with Gasteiger partial charge in [0.15, 0.2) is 0 Å². The molecule has 0 aliphatic rings. The maximum atomic E-state index is 13.1. The number of anilines is 1. The summed E-state index contributed by atoms with van der Waals surface area (Å²) in [5, 5.41) is 0.907. The molecule has 2 nitrogen and oxygen atoms in total. The number of nitrogen functional groups attached to an aromatic ring is 1. The summed E-state index contributed by atoms with van der Waals surface area (Å²) in [6.45, 7) is 0.715. The van der Waals surface area contributed by atoms with E-state index in [4.69, 9.17) is 5.73 Å². The fourth-order valence-electron chi connectivity index (χ4n) is 2.20. The van der Waals surface area contributed by atoms with E-state index in [2.05, 4.69) is 20.5 Å². The summed E-state index contributed by atoms with van der Waals surface area (Å²) in [4.78, 5) is 0. The van der Waals surface area contributed by atoms with E-state index >= 15 is 0 Å². The van der Waals surface area contributed by atoms with Crippen LogP contribution in [-0.4, -0.2) is 4.57 Å². The Morgan fingerprint density at radius 3 is 2.74 bits per heavy atom. The lowest BCUT2D eigenvalue weighted by Crippen LogP contribution is -1.99. The Bertz CT molecular complexity index is 749. The minimum absolute atomic E-state index is 0.210. The molecule has 0 atom stereocenters. The van der Waals surface area contributed by atoms with Crippen LogP contribution in [-0.2, 0) is 6.54 Å². The lowest BCUT2D eigenvalue weighted by Gasteiger charge is -2.07. The first kappa shape index (κ1) is 12.2. The number of nitrogens with two attached hydrogens (primary N) is 1. The molecule has 2 N–H and O–H groups in total. The third-order valence-electron chi connectivity index (χ3n) is 3.15. The van der Waals surface area contributed by atoms with Crippen molar-refractivity contribution in [2.45, 2.75) is 6.54 Å². The van der Waals surface area contributed by atoms with E-state index in [1.54, 1.807) is 12.1 Å². The number of nitrogens with zero attached hydrogens (tertiary/aromatic N) is 1. The summed E-state index contributed by atoms with van der Waals surface area (Å²) in [5.74, 6) is -0.210. The van der Waals surface area contributed by atoms with Crippen molar-refractivity contribution in [1.82, 2.24) is 4.57 Å². The molecule has 0 radical (unpaired) electrons. The van der Waals surface area contributed by atoms with Gasteiger partial charge in [0.2, 0.25) is 0 Å². The molecular formula is C15H12BrFN2. The quantitative estimate of drug-likeness (QED) is 0.706. The van der Waals surface area contributed by atoms with E-state index in [1.165, 1.54) is 6.07 Å². The topological polar surface area (TPSA) is 30.9 Å². The Morgan fingerprint density at radius 1 is 1.11 bits per heavy atom. The van der Waals surface area contributed by atoms with Crippen molar-refractivity contribution in [3.05, 3.63) is 64.5 Å². The van der Waals surface area contributed by atoms with E-state index < -0.39 is 0 Å². The van der Waals surface area contributed by atoms with E-state index in [1.807, 2.05) is 30.5 Å². The van der Waals surface area contributed by atoms with Gasteiger partial charge in [0.1, 0.15) is 5.82 Å². The van der Waals surface area contributed by atoms with Crippen molar-refractivity contribution in [3.8, 4) is 0 Å². The van der Waals surface area contributed by atoms with Crippen LogP contribution in [0.2, 0.25) is 0 Å². The summed E-state index contributed by atoms with van der Waals surface area (Å²) in [6.07, 6.45) is 1.96. The standard InChI is InChI=1S/C15H12BrFN2/c16-13-3-1-10(7-14(13)18)9-19-6-5-11-8-12(17)2-4-15(11)19/h1-8H,9,18H2. The second kappa shape index (κ2) is 4.70. The summed E-state index contributed by atoms with van der Waals surface area (Å²) in [7, 11) is 0. The van der Waals surface area contributed by atoms with Gasteiger partial charge in [0.05, 0.1) is 0 Å². The number of aromatic nitrogens is 1. The average Bonchev–Trinajstić information content (AvgIpc) is 2.76. The zero-order valence-corrected chi connectivity index (χ0v) is 11.7. The molecule has 3 aromatic rings. The van der Waals surface area contributed by atoms with Gasteiger partial charge in [-0.05, 0) is 57.9 Å². The molecule has 0 amide bonds. The lowest BCUT2D eigenvalue weighted by molar-refractivity contribution is 0.629. The SMILES string of the molecule is Nc1cc(Cn2ccc3cc(F)ccc32)ccc1Br. The number of hydrogen-bond acceptors (Lipinski definition) is 1. The molecule has 19 heavy (non-hydrogen) atoms. The molecule has 0 fully saturated rings. The van der Waals surface area contributed by atoms with Crippen LogP contribution in [0.3, 0.4) is 0 Å². The smallest absolute Gasteiger partial charge is 0.123 e. The van der Waals surface area contributed by atoms with Gasteiger partial charge in [-0.1, -0.05) is 6.07 Å². The Balaban J connectivity index is 1.98. The molecule has 0 unspecified atom stereocenters. The first-order valence-corrected chi connectivity index (χ1v) is 6.71. The molecule has 4 heteroatoms. The third kappa shape index (κ3) is 2.36. The van der Waals surface area contributed by atoms with Gasteiger partial charge < -0.3 is 10.3 Å². The van der Waals surface area contributed by atoms with Crippen molar-refractivity contribution in [3.63, 3.8) is 0 Å². The monoisotopic (exact) mass is 318 g/mol. The number of fused-ring (bicyclic) bond motifs is 1. The first-order valence-electron chi connectivity index (χ1n) is 5.92. The van der Waals surface area contributed by atoms with Crippen LogP contribution in [0.4, 0.5) is 10.1 Å². The minimum Gasteiger partial charge on any atom is -0.398 e. The number of halogens is 2. The molecular weight excluding hydrogens is 307 g/mol. The van der Waals surface area contributed by atoms with Gasteiger partial charge in [-0.15, -0.1) is 0 Å². The van der Waals surface area contributed by atoms with Crippen LogP contribution >= 0.6 is 15.9 Å². The van der Waals surface area contributed by atoms with Gasteiger partial charge in [-0.3, -0.25) is 0 Å². The van der Waals surface area contributed by atoms with Crippen LogP contribution in [0.5, 0.6) is 0 Å². The van der Waals surface area contributed by atoms with Crippen molar-refractivity contribution >= 4 is 32.5 Å². The predicted octanol–water partition coefficient (Wildman–Crippen LogP) is 4.17. The zero-order chi connectivity index (χ0) is 13.4. The van der Waals surface area contributed by atoms with E-state index in [0.29, 0.717) is 6.54 Å². The zero-order valence-electron chi connectivity index (χ0n) is 10.1. The van der Waals surface area contributed by atoms with Gasteiger partial charge in [0.25, 0.3) is 0 Å². The number of benzene rings is 2. The molecule has 0 spiro atoms. The summed E-state index contributed by atoms with van der Waals surface area (Å²) in [5.41, 5.74) is 8.73. The lowest BCUT2D eigenvalue weighted by atomic mass is 10.2. The largest absolute Gasteiger partial charge is 0.398 e. The van der Waals surface area contributed by atoms with Crippen LogP contribution in [0.15, 0.2) is 53.1 Å². The van der Waals surface area contributed by atoms with Crippen molar-refractivity contribution in [2.75, 3.05) is 5.73 Å². The molecule has 0 saturated heterocycles. The van der Waals surface area contributed by atoms with Gasteiger partial charge in [-0.2, -0.15) is 0 Å². The van der Waals surface area contributed by atoms with E-state index in [0.717, 1.165) is 26.6 Å². The Morgan fingerprint density at radius 2 is 1.95 bits per heavy atom. The van der Waals surface area contributed by atoms with E-state index in [9.17, 15) is 4.39 Å². The highest BCUT2D eigenvalue weighted by molar-refractivity contribution is 9.10. The molecule has 0 aliphatic carbocycles. The van der Waals surface area contributed by atoms with Crippen molar-refractivity contribution in [1.29, 1.82) is 0 Å². The van der Waals surface area contributed by atoms with Crippen LogP contribution in [0, 0.1) is 5.82 Å². The van der Waals surface area contributed by atoms with Crippen LogP contribution in [0.1, 0.15) is 5.56 Å². The highest BCUT2D eigenvalue weighted by atomic mass is 79.9. The molecule has 2 aromatic carbocycles. The summed E-state index contributed by atoms with van der Waals surface area (Å²) in [6, 6.07) is 12.6. The fraction of sp³-hybridized carbons (Fsp3) is 0.0667. The first-order chi connectivity index (χ1) is 9.13. The average molecular weight is 319 g/mol. The molecule has 0 bridgehead atoms. The van der Waals surface area contributed by atoms with Crippen molar-refractivity contribution < 1.29 is 4.39 Å². The maximum absolute atomic E-state index is 13.1. The Labute approximate surface area is 118 Å². The summed E-state index contributed by atoms with van der Waals surface area (Å²) < 4.78 is 16.1. The fourth-order valence-corrected chi connectivity index (χ4v) is 2.44. The molecule has 3 rings (SSSR count). The molecule has 0 saturated carbocycles. The third-order valence-corrected chi connectivity index (χ3v) is 3.87. The number of rotatable bonds is 2. The van der Waals surface area contributed by atoms with Gasteiger partial charge in [0, 0.05) is 33.8 Å². The van der Waals surface area contributed by atoms with Gasteiger partial charge in [-0.25, -0.2) is 4.39 Å². The Hall–Kier alpha value is -1.81. The Kier molecular flexibility index (Phi) is 3.03. The predicted molar refractivity (Wildman–Crippen MR) is 79.6 cm³/mol. The molecule has 0 aliphatic heterocycles. The second-order valence-corrected chi connectivity index (χ2v) is 5.36. The van der Waals surface area contributed by atoms with Gasteiger partial charge >= 0.3 is 0 Å². The second-order valence-electron chi connectivity index (χ2n) is 4.50. The van der Waals surface area contributed by atoms with Crippen molar-refractivity contribution in [2.24, 2.45) is 0 Å². The van der Waals surface area contributed by atoms with Crippen LogP contribution in [0.25, 0.3) is 10.9 Å². The van der Waals surface area contributed by atoms with Crippen LogP contribution < -0.4 is 5.73 Å². The maximum Gasteiger partial charge on any atom is 0.123 e. The molecule has 1 aromatic heterocycles. The molecule has 1 heterocycles. The summed E-state index contributed by atoms with van der Waals surface area (Å²) >= 11 is 3.38. The van der Waals surface area contributed by atoms with E-state index in [-0.39, 0.29) is 5.82 Å². The highest BCUT2D eigenvalue weighted by Crippen LogP contribution is 2.23. The minimum atomic E-state index is -0.210. The number of hydrogen-bond donors (Lipinski definition) is 1.